The number of aryl methyl sites for hydroxylation is 1. The van der Waals surface area contributed by atoms with Crippen LogP contribution < -0.4 is 0 Å². The Bertz CT molecular complexity index is 717. The molecule has 0 radical (unpaired) electrons. The molecule has 2 aromatic heterocycles. The molecule has 1 saturated heterocycles. The summed E-state index contributed by atoms with van der Waals surface area (Å²) in [7, 11) is 0. The van der Waals surface area contributed by atoms with Crippen molar-refractivity contribution in [1.29, 1.82) is 0 Å². The van der Waals surface area contributed by atoms with Gasteiger partial charge in [0.25, 0.3) is 0 Å². The summed E-state index contributed by atoms with van der Waals surface area (Å²) < 4.78 is 2.23. The van der Waals surface area contributed by atoms with Crippen molar-refractivity contribution < 1.29 is 4.79 Å². The molecule has 0 bridgehead atoms. The number of hydrogen-bond donors (Lipinski definition) is 0. The third kappa shape index (κ3) is 2.62. The Hall–Kier alpha value is -1.91. The van der Waals surface area contributed by atoms with Crippen LogP contribution in [0.4, 0.5) is 0 Å². The molecule has 2 fully saturated rings. The summed E-state index contributed by atoms with van der Waals surface area (Å²) >= 11 is 0. The van der Waals surface area contributed by atoms with Crippen LogP contribution >= 0.6 is 0 Å². The van der Waals surface area contributed by atoms with Crippen molar-refractivity contribution >= 4 is 17.1 Å². The van der Waals surface area contributed by atoms with E-state index >= 15 is 0 Å². The molecule has 23 heavy (non-hydrogen) atoms. The molecule has 1 saturated carbocycles. The molecule has 1 unspecified atom stereocenters. The monoisotopic (exact) mass is 312 g/mol. The van der Waals surface area contributed by atoms with E-state index in [-0.39, 0.29) is 5.92 Å². The Kier molecular flexibility index (Phi) is 3.79. The molecule has 5 heteroatoms. The maximum absolute atomic E-state index is 12.7. The van der Waals surface area contributed by atoms with Crippen molar-refractivity contribution in [2.45, 2.75) is 51.5 Å². The Labute approximate surface area is 136 Å². The van der Waals surface area contributed by atoms with Gasteiger partial charge in [-0.15, -0.1) is 0 Å². The molecule has 0 N–H and O–H groups in total. The fourth-order valence-electron chi connectivity index (χ4n) is 4.24. The zero-order valence-electron chi connectivity index (χ0n) is 13.7. The van der Waals surface area contributed by atoms with Crippen molar-refractivity contribution in [3.8, 4) is 0 Å². The first kappa shape index (κ1) is 14.7. The Morgan fingerprint density at radius 2 is 2.04 bits per heavy atom. The van der Waals surface area contributed by atoms with Crippen LogP contribution in [0, 0.1) is 12.8 Å². The molecule has 0 spiro atoms. The van der Waals surface area contributed by atoms with Crippen molar-refractivity contribution in [3.05, 3.63) is 24.2 Å². The van der Waals surface area contributed by atoms with E-state index in [1.807, 2.05) is 25.3 Å². The third-order valence-electron chi connectivity index (χ3n) is 5.42. The largest absolute Gasteiger partial charge is 0.340 e. The van der Waals surface area contributed by atoms with Crippen LogP contribution in [0.2, 0.25) is 0 Å². The number of fused-ring (bicyclic) bond motifs is 1. The van der Waals surface area contributed by atoms with Gasteiger partial charge in [-0.3, -0.25) is 4.79 Å². The lowest BCUT2D eigenvalue weighted by Crippen LogP contribution is -2.35. The average Bonchev–Trinajstić information content (AvgIpc) is 3.18. The fraction of sp³-hybridized carbons (Fsp3) is 0.611. The minimum absolute atomic E-state index is 0.265. The summed E-state index contributed by atoms with van der Waals surface area (Å²) in [5.41, 5.74) is 1.89. The van der Waals surface area contributed by atoms with E-state index in [1.54, 1.807) is 0 Å². The second-order valence-corrected chi connectivity index (χ2v) is 6.94. The second kappa shape index (κ2) is 5.95. The SMILES string of the molecule is Cc1nc2cccnc2n1C1CCN(C(=O)C2CCCCC2)C1. The molecular formula is C18H24N4O. The number of aromatic nitrogens is 3. The van der Waals surface area contributed by atoms with E-state index in [1.165, 1.54) is 19.3 Å². The van der Waals surface area contributed by atoms with E-state index in [0.29, 0.717) is 11.9 Å². The highest BCUT2D eigenvalue weighted by Crippen LogP contribution is 2.31. The molecule has 1 aliphatic heterocycles. The van der Waals surface area contributed by atoms with Crippen LogP contribution in [0.5, 0.6) is 0 Å². The van der Waals surface area contributed by atoms with Gasteiger partial charge in [0.2, 0.25) is 5.91 Å². The molecule has 2 aliphatic rings. The molecule has 0 aromatic carbocycles. The van der Waals surface area contributed by atoms with Crippen LogP contribution in [0.25, 0.3) is 11.2 Å². The lowest BCUT2D eigenvalue weighted by Gasteiger charge is -2.26. The second-order valence-electron chi connectivity index (χ2n) is 6.94. The van der Waals surface area contributed by atoms with Crippen molar-refractivity contribution in [2.24, 2.45) is 5.92 Å². The van der Waals surface area contributed by atoms with E-state index in [2.05, 4.69) is 19.4 Å². The minimum Gasteiger partial charge on any atom is -0.340 e. The summed E-state index contributed by atoms with van der Waals surface area (Å²) in [6.45, 7) is 3.71. The number of hydrogen-bond acceptors (Lipinski definition) is 3. The summed E-state index contributed by atoms with van der Waals surface area (Å²) in [4.78, 5) is 23.9. The standard InChI is InChI=1S/C18H24N4O/c1-13-20-16-8-5-10-19-17(16)22(13)15-9-11-21(12-15)18(23)14-6-3-2-4-7-14/h5,8,10,14-15H,2-4,6-7,9,11-12H2,1H3. The first-order valence-corrected chi connectivity index (χ1v) is 8.82. The molecule has 4 rings (SSSR count). The number of pyridine rings is 1. The molecule has 2 aromatic rings. The topological polar surface area (TPSA) is 51.0 Å². The van der Waals surface area contributed by atoms with E-state index in [9.17, 15) is 4.79 Å². The maximum atomic E-state index is 12.7. The van der Waals surface area contributed by atoms with Gasteiger partial charge in [-0.25, -0.2) is 9.97 Å². The van der Waals surface area contributed by atoms with E-state index < -0.39 is 0 Å². The highest BCUT2D eigenvalue weighted by Gasteiger charge is 2.33. The lowest BCUT2D eigenvalue weighted by atomic mass is 9.88. The van der Waals surface area contributed by atoms with Crippen molar-refractivity contribution in [3.63, 3.8) is 0 Å². The molecule has 1 atom stereocenters. The van der Waals surface area contributed by atoms with Gasteiger partial charge < -0.3 is 9.47 Å². The number of nitrogens with zero attached hydrogens (tertiary/aromatic N) is 4. The van der Waals surface area contributed by atoms with Gasteiger partial charge in [0, 0.05) is 25.2 Å². The summed E-state index contributed by atoms with van der Waals surface area (Å²) in [6.07, 6.45) is 8.69. The number of carbonyl (C=O) groups is 1. The lowest BCUT2D eigenvalue weighted by molar-refractivity contribution is -0.135. The van der Waals surface area contributed by atoms with Gasteiger partial charge >= 0.3 is 0 Å². The number of carbonyl (C=O) groups excluding carboxylic acids is 1. The quantitative estimate of drug-likeness (QED) is 0.856. The Balaban J connectivity index is 1.53. The minimum atomic E-state index is 0.265. The highest BCUT2D eigenvalue weighted by atomic mass is 16.2. The van der Waals surface area contributed by atoms with Crippen molar-refractivity contribution in [2.75, 3.05) is 13.1 Å². The number of imidazole rings is 1. The first-order chi connectivity index (χ1) is 11.2. The highest BCUT2D eigenvalue weighted by molar-refractivity contribution is 5.79. The normalized spacial score (nSPS) is 22.8. The Morgan fingerprint density at radius 3 is 2.87 bits per heavy atom. The molecule has 1 aliphatic carbocycles. The third-order valence-corrected chi connectivity index (χ3v) is 5.42. The molecule has 122 valence electrons. The van der Waals surface area contributed by atoms with Gasteiger partial charge in [-0.1, -0.05) is 19.3 Å². The zero-order valence-corrected chi connectivity index (χ0v) is 13.7. The van der Waals surface area contributed by atoms with Crippen molar-refractivity contribution in [1.82, 2.24) is 19.4 Å². The first-order valence-electron chi connectivity index (χ1n) is 8.82. The zero-order chi connectivity index (χ0) is 15.8. The predicted octanol–water partition coefficient (Wildman–Crippen LogP) is 3.09. The van der Waals surface area contributed by atoms with E-state index in [0.717, 1.165) is 49.3 Å². The average molecular weight is 312 g/mol. The molecule has 5 nitrogen and oxygen atoms in total. The number of amides is 1. The summed E-state index contributed by atoms with van der Waals surface area (Å²) in [5.74, 6) is 1.64. The van der Waals surface area contributed by atoms with Gasteiger partial charge in [0.15, 0.2) is 5.65 Å². The van der Waals surface area contributed by atoms with Gasteiger partial charge in [-0.2, -0.15) is 0 Å². The smallest absolute Gasteiger partial charge is 0.225 e. The maximum Gasteiger partial charge on any atom is 0.225 e. The van der Waals surface area contributed by atoms with Crippen LogP contribution in [-0.2, 0) is 4.79 Å². The summed E-state index contributed by atoms with van der Waals surface area (Å²) in [5, 5.41) is 0. The van der Waals surface area contributed by atoms with Gasteiger partial charge in [0.05, 0.1) is 6.04 Å². The van der Waals surface area contributed by atoms with Gasteiger partial charge in [0.1, 0.15) is 11.3 Å². The fourth-order valence-corrected chi connectivity index (χ4v) is 4.24. The number of likely N-dealkylation sites (tertiary alicyclic amines) is 1. The van der Waals surface area contributed by atoms with Gasteiger partial charge in [-0.05, 0) is 38.3 Å². The van der Waals surface area contributed by atoms with E-state index in [4.69, 9.17) is 0 Å². The van der Waals surface area contributed by atoms with Crippen LogP contribution in [-0.4, -0.2) is 38.4 Å². The van der Waals surface area contributed by atoms with Crippen LogP contribution in [0.3, 0.4) is 0 Å². The Morgan fingerprint density at radius 1 is 1.22 bits per heavy atom. The molecular weight excluding hydrogens is 288 g/mol. The summed E-state index contributed by atoms with van der Waals surface area (Å²) in [6, 6.07) is 4.24. The molecule has 1 amide bonds. The molecule has 3 heterocycles. The van der Waals surface area contributed by atoms with Crippen LogP contribution in [0.15, 0.2) is 18.3 Å². The van der Waals surface area contributed by atoms with Crippen LogP contribution in [0.1, 0.15) is 50.4 Å². The predicted molar refractivity (Wildman–Crippen MR) is 89.1 cm³/mol. The number of rotatable bonds is 2.